The Kier molecular flexibility index (Phi) is 4.06. The molecule has 7 nitrogen and oxygen atoms in total. The van der Waals surface area contributed by atoms with Crippen LogP contribution in [-0.4, -0.2) is 50.8 Å². The predicted molar refractivity (Wildman–Crippen MR) is 71.5 cm³/mol. The van der Waals surface area contributed by atoms with E-state index in [9.17, 15) is 8.42 Å². The van der Waals surface area contributed by atoms with Crippen LogP contribution in [0.25, 0.3) is 10.4 Å². The van der Waals surface area contributed by atoms with Crippen molar-refractivity contribution in [1.82, 2.24) is 9.21 Å². The molecule has 1 aromatic rings. The number of likely N-dealkylation sites (N-methyl/N-ethyl adjacent to an activating group) is 1. The summed E-state index contributed by atoms with van der Waals surface area (Å²) < 4.78 is 26.3. The lowest BCUT2D eigenvalue weighted by Crippen LogP contribution is -2.46. The molecule has 0 aliphatic carbocycles. The highest BCUT2D eigenvalue weighted by Crippen LogP contribution is 2.22. The molecule has 0 aromatic heterocycles. The summed E-state index contributed by atoms with van der Waals surface area (Å²) in [5.41, 5.74) is 8.69. The number of hydrogen-bond acceptors (Lipinski definition) is 4. The lowest BCUT2D eigenvalue weighted by Gasteiger charge is -2.31. The highest BCUT2D eigenvalue weighted by Gasteiger charge is 2.27. The van der Waals surface area contributed by atoms with Crippen LogP contribution in [0.4, 0.5) is 5.69 Å². The maximum absolute atomic E-state index is 12.4. The molecular formula is C11H15N5O2S. The first-order valence-electron chi connectivity index (χ1n) is 5.88. The molecule has 8 heteroatoms. The van der Waals surface area contributed by atoms with E-state index in [0.29, 0.717) is 18.8 Å². The van der Waals surface area contributed by atoms with Gasteiger partial charge in [0, 0.05) is 36.8 Å². The molecule has 0 unspecified atom stereocenters. The maximum atomic E-state index is 12.4. The predicted octanol–water partition coefficient (Wildman–Crippen LogP) is 1.56. The van der Waals surface area contributed by atoms with Gasteiger partial charge in [-0.1, -0.05) is 17.2 Å². The van der Waals surface area contributed by atoms with Crippen molar-refractivity contribution < 1.29 is 8.42 Å². The highest BCUT2D eigenvalue weighted by atomic mass is 32.2. The minimum Gasteiger partial charge on any atom is -0.304 e. The van der Waals surface area contributed by atoms with E-state index in [-0.39, 0.29) is 4.90 Å². The van der Waals surface area contributed by atoms with Crippen molar-refractivity contribution in [2.75, 3.05) is 33.2 Å². The topological polar surface area (TPSA) is 89.4 Å². The number of piperazine rings is 1. The van der Waals surface area contributed by atoms with Gasteiger partial charge in [-0.3, -0.25) is 0 Å². The Bertz CT molecular complexity index is 601. The second-order valence-electron chi connectivity index (χ2n) is 4.39. The van der Waals surface area contributed by atoms with Crippen molar-refractivity contribution in [2.45, 2.75) is 4.90 Å². The third kappa shape index (κ3) is 3.05. The van der Waals surface area contributed by atoms with Crippen LogP contribution in [0.1, 0.15) is 0 Å². The van der Waals surface area contributed by atoms with Crippen LogP contribution in [0.5, 0.6) is 0 Å². The molecule has 1 aliphatic heterocycles. The zero-order valence-electron chi connectivity index (χ0n) is 10.6. The van der Waals surface area contributed by atoms with Crippen molar-refractivity contribution in [3.8, 4) is 0 Å². The summed E-state index contributed by atoms with van der Waals surface area (Å²) in [6.07, 6.45) is 0. The SMILES string of the molecule is CN1CCN(S(=O)(=O)c2cccc(N=[N+]=[N-])c2)CC1. The van der Waals surface area contributed by atoms with E-state index < -0.39 is 10.0 Å². The molecule has 1 aliphatic rings. The van der Waals surface area contributed by atoms with Crippen molar-refractivity contribution in [1.29, 1.82) is 0 Å². The Morgan fingerprint density at radius 2 is 1.95 bits per heavy atom. The van der Waals surface area contributed by atoms with Crippen molar-refractivity contribution in [3.05, 3.63) is 34.7 Å². The Hall–Kier alpha value is -1.60. The molecule has 19 heavy (non-hydrogen) atoms. The quantitative estimate of drug-likeness (QED) is 0.478. The molecule has 0 saturated carbocycles. The maximum Gasteiger partial charge on any atom is 0.243 e. The minimum absolute atomic E-state index is 0.168. The van der Waals surface area contributed by atoms with Crippen LogP contribution in [0.3, 0.4) is 0 Å². The third-order valence-corrected chi connectivity index (χ3v) is 4.97. The van der Waals surface area contributed by atoms with E-state index in [1.165, 1.54) is 16.4 Å². The zero-order chi connectivity index (χ0) is 13.9. The summed E-state index contributed by atoms with van der Waals surface area (Å²) in [6.45, 7) is 2.39. The van der Waals surface area contributed by atoms with Gasteiger partial charge in [-0.2, -0.15) is 4.31 Å². The zero-order valence-corrected chi connectivity index (χ0v) is 11.4. The lowest BCUT2D eigenvalue weighted by molar-refractivity contribution is 0.222. The van der Waals surface area contributed by atoms with Gasteiger partial charge in [-0.25, -0.2) is 8.42 Å². The van der Waals surface area contributed by atoms with Gasteiger partial charge < -0.3 is 4.90 Å². The van der Waals surface area contributed by atoms with Gasteiger partial charge in [0.2, 0.25) is 10.0 Å². The van der Waals surface area contributed by atoms with Gasteiger partial charge in [0.1, 0.15) is 0 Å². The standard InChI is InChI=1S/C11H15N5O2S/c1-15-5-7-16(8-6-15)19(17,18)11-4-2-3-10(9-11)13-14-12/h2-4,9H,5-8H2,1H3. The molecule has 1 aromatic carbocycles. The molecule has 0 bridgehead atoms. The van der Waals surface area contributed by atoms with Crippen LogP contribution in [-0.2, 0) is 10.0 Å². The average Bonchev–Trinajstić information content (AvgIpc) is 2.40. The summed E-state index contributed by atoms with van der Waals surface area (Å²) in [5.74, 6) is 0. The summed E-state index contributed by atoms with van der Waals surface area (Å²) >= 11 is 0. The molecule has 0 radical (unpaired) electrons. The summed E-state index contributed by atoms with van der Waals surface area (Å²) in [6, 6.07) is 6.06. The lowest BCUT2D eigenvalue weighted by atomic mass is 10.3. The third-order valence-electron chi connectivity index (χ3n) is 3.08. The monoisotopic (exact) mass is 281 g/mol. The Labute approximate surface area is 112 Å². The summed E-state index contributed by atoms with van der Waals surface area (Å²) in [4.78, 5) is 4.92. The molecular weight excluding hydrogens is 266 g/mol. The molecule has 0 N–H and O–H groups in total. The molecule has 1 fully saturated rings. The molecule has 0 atom stereocenters. The summed E-state index contributed by atoms with van der Waals surface area (Å²) in [5, 5.41) is 3.43. The summed E-state index contributed by atoms with van der Waals surface area (Å²) in [7, 11) is -1.54. The van der Waals surface area contributed by atoms with Crippen LogP contribution in [0.15, 0.2) is 34.3 Å². The van der Waals surface area contributed by atoms with Crippen molar-refractivity contribution >= 4 is 15.7 Å². The van der Waals surface area contributed by atoms with Gasteiger partial charge in [0.15, 0.2) is 0 Å². The Morgan fingerprint density at radius 3 is 2.58 bits per heavy atom. The number of benzene rings is 1. The molecule has 1 heterocycles. The van der Waals surface area contributed by atoms with Gasteiger partial charge in [-0.05, 0) is 24.7 Å². The van der Waals surface area contributed by atoms with Gasteiger partial charge >= 0.3 is 0 Å². The van der Waals surface area contributed by atoms with Crippen LogP contribution in [0.2, 0.25) is 0 Å². The molecule has 102 valence electrons. The van der Waals surface area contributed by atoms with Crippen LogP contribution in [0, 0.1) is 0 Å². The second-order valence-corrected chi connectivity index (χ2v) is 6.33. The van der Waals surface area contributed by atoms with Gasteiger partial charge in [-0.15, -0.1) is 0 Å². The molecule has 1 saturated heterocycles. The number of azide groups is 1. The second kappa shape index (κ2) is 5.58. The van der Waals surface area contributed by atoms with Crippen LogP contribution < -0.4 is 0 Å². The van der Waals surface area contributed by atoms with Crippen LogP contribution >= 0.6 is 0 Å². The van der Waals surface area contributed by atoms with E-state index >= 15 is 0 Å². The fourth-order valence-electron chi connectivity index (χ4n) is 1.94. The largest absolute Gasteiger partial charge is 0.304 e. The first-order valence-corrected chi connectivity index (χ1v) is 7.32. The first-order chi connectivity index (χ1) is 9.04. The Balaban J connectivity index is 2.29. The number of sulfonamides is 1. The van der Waals surface area contributed by atoms with Crippen molar-refractivity contribution in [2.24, 2.45) is 5.11 Å². The average molecular weight is 281 g/mol. The van der Waals surface area contributed by atoms with E-state index in [1.807, 2.05) is 7.05 Å². The number of nitrogens with zero attached hydrogens (tertiary/aromatic N) is 5. The van der Waals surface area contributed by atoms with E-state index in [2.05, 4.69) is 14.9 Å². The normalized spacial score (nSPS) is 17.9. The van der Waals surface area contributed by atoms with E-state index in [4.69, 9.17) is 5.53 Å². The molecule has 2 rings (SSSR count). The first kappa shape index (κ1) is 13.8. The van der Waals surface area contributed by atoms with Gasteiger partial charge in [0.05, 0.1) is 4.90 Å². The highest BCUT2D eigenvalue weighted by molar-refractivity contribution is 7.89. The number of rotatable bonds is 3. The smallest absolute Gasteiger partial charge is 0.243 e. The van der Waals surface area contributed by atoms with E-state index in [0.717, 1.165) is 13.1 Å². The van der Waals surface area contributed by atoms with Gasteiger partial charge in [0.25, 0.3) is 0 Å². The fraction of sp³-hybridized carbons (Fsp3) is 0.455. The molecule has 0 amide bonds. The fourth-order valence-corrected chi connectivity index (χ4v) is 3.40. The number of hydrogen-bond donors (Lipinski definition) is 0. The van der Waals surface area contributed by atoms with E-state index in [1.54, 1.807) is 12.1 Å². The minimum atomic E-state index is -3.50. The molecule has 0 spiro atoms. The van der Waals surface area contributed by atoms with Crippen molar-refractivity contribution in [3.63, 3.8) is 0 Å². The Morgan fingerprint density at radius 1 is 1.26 bits per heavy atom.